The predicted molar refractivity (Wildman–Crippen MR) is 78.3 cm³/mol. The van der Waals surface area contributed by atoms with Crippen LogP contribution in [0.1, 0.15) is 31.2 Å². The minimum atomic E-state index is -0.0933. The number of rotatable bonds is 2. The molecule has 4 heteroatoms. The highest BCUT2D eigenvalue weighted by molar-refractivity contribution is 6.30. The smallest absolute Gasteiger partial charge is 0.123 e. The van der Waals surface area contributed by atoms with Gasteiger partial charge in [-0.3, -0.25) is 4.90 Å². The summed E-state index contributed by atoms with van der Waals surface area (Å²) in [6.07, 6.45) is 5.42. The molecule has 3 unspecified atom stereocenters. The van der Waals surface area contributed by atoms with E-state index in [4.69, 9.17) is 16.3 Å². The van der Waals surface area contributed by atoms with Gasteiger partial charge in [-0.05, 0) is 49.4 Å². The molecule has 3 aliphatic rings. The number of aliphatic hydroxyl groups is 1. The van der Waals surface area contributed by atoms with Gasteiger partial charge in [-0.15, -0.1) is 0 Å². The first-order valence-corrected chi connectivity index (χ1v) is 7.96. The van der Waals surface area contributed by atoms with Crippen molar-refractivity contribution < 1.29 is 9.84 Å². The minimum absolute atomic E-state index is 0.0933. The van der Waals surface area contributed by atoms with Crippen LogP contribution in [0.2, 0.25) is 5.02 Å². The fraction of sp³-hybridized carbons (Fsp3) is 0.625. The fourth-order valence-corrected chi connectivity index (χ4v) is 4.36. The molecule has 2 fully saturated rings. The van der Waals surface area contributed by atoms with Crippen molar-refractivity contribution in [1.29, 1.82) is 0 Å². The molecule has 3 aliphatic heterocycles. The highest BCUT2D eigenvalue weighted by atomic mass is 35.5. The van der Waals surface area contributed by atoms with E-state index in [2.05, 4.69) is 4.90 Å². The highest BCUT2D eigenvalue weighted by Crippen LogP contribution is 2.38. The van der Waals surface area contributed by atoms with Gasteiger partial charge in [0.25, 0.3) is 0 Å². The van der Waals surface area contributed by atoms with E-state index >= 15 is 0 Å². The molecular formula is C16H20ClNO2. The van der Waals surface area contributed by atoms with Gasteiger partial charge >= 0.3 is 0 Å². The zero-order valence-corrected chi connectivity index (χ0v) is 12.2. The van der Waals surface area contributed by atoms with E-state index in [-0.39, 0.29) is 12.2 Å². The highest BCUT2D eigenvalue weighted by Gasteiger charge is 2.41. The van der Waals surface area contributed by atoms with Gasteiger partial charge in [-0.1, -0.05) is 11.6 Å². The molecule has 1 aromatic rings. The van der Waals surface area contributed by atoms with Gasteiger partial charge in [0.2, 0.25) is 0 Å². The monoisotopic (exact) mass is 293 g/mol. The molecular weight excluding hydrogens is 274 g/mol. The fourth-order valence-electron chi connectivity index (χ4n) is 4.17. The number of hydrogen-bond donors (Lipinski definition) is 1. The van der Waals surface area contributed by atoms with Crippen molar-refractivity contribution in [3.63, 3.8) is 0 Å². The number of hydrogen-bond acceptors (Lipinski definition) is 3. The summed E-state index contributed by atoms with van der Waals surface area (Å²) >= 11 is 6.04. The summed E-state index contributed by atoms with van der Waals surface area (Å²) in [5.74, 6) is 0.990. The van der Waals surface area contributed by atoms with Gasteiger partial charge in [0, 0.05) is 30.1 Å². The molecule has 20 heavy (non-hydrogen) atoms. The summed E-state index contributed by atoms with van der Waals surface area (Å²) in [7, 11) is 0. The molecule has 3 nitrogen and oxygen atoms in total. The second-order valence-corrected chi connectivity index (χ2v) is 6.84. The van der Waals surface area contributed by atoms with Gasteiger partial charge < -0.3 is 9.84 Å². The maximum absolute atomic E-state index is 9.87. The topological polar surface area (TPSA) is 32.7 Å². The summed E-state index contributed by atoms with van der Waals surface area (Å²) in [4.78, 5) is 2.57. The van der Waals surface area contributed by atoms with Crippen LogP contribution in [0.3, 0.4) is 0 Å². The SMILES string of the molecule is OC1CC2CCC(C1)N2CC1Cc2cc(Cl)ccc2O1. The van der Waals surface area contributed by atoms with Crippen LogP contribution in [-0.2, 0) is 6.42 Å². The Morgan fingerprint density at radius 3 is 2.75 bits per heavy atom. The molecule has 0 spiro atoms. The Kier molecular flexibility index (Phi) is 3.17. The number of nitrogens with zero attached hydrogens (tertiary/aromatic N) is 1. The van der Waals surface area contributed by atoms with Crippen molar-refractivity contribution in [3.05, 3.63) is 28.8 Å². The molecule has 0 amide bonds. The Balaban J connectivity index is 1.44. The van der Waals surface area contributed by atoms with Gasteiger partial charge in [0.15, 0.2) is 0 Å². The van der Waals surface area contributed by atoms with E-state index in [0.717, 1.165) is 36.6 Å². The van der Waals surface area contributed by atoms with Crippen LogP contribution in [0.4, 0.5) is 0 Å². The normalized spacial score (nSPS) is 35.9. The van der Waals surface area contributed by atoms with E-state index < -0.39 is 0 Å². The summed E-state index contributed by atoms with van der Waals surface area (Å²) < 4.78 is 6.05. The van der Waals surface area contributed by atoms with Crippen LogP contribution in [0.15, 0.2) is 18.2 Å². The summed E-state index contributed by atoms with van der Waals surface area (Å²) in [6.45, 7) is 0.981. The molecule has 4 rings (SSSR count). The maximum Gasteiger partial charge on any atom is 0.123 e. The van der Waals surface area contributed by atoms with E-state index in [1.165, 1.54) is 18.4 Å². The first-order chi connectivity index (χ1) is 9.69. The van der Waals surface area contributed by atoms with Crippen molar-refractivity contribution in [2.24, 2.45) is 0 Å². The van der Waals surface area contributed by atoms with Crippen LogP contribution in [0.25, 0.3) is 0 Å². The Hall–Kier alpha value is -0.770. The molecule has 0 saturated carbocycles. The third-order valence-corrected chi connectivity index (χ3v) is 5.27. The lowest BCUT2D eigenvalue weighted by Gasteiger charge is -2.38. The Morgan fingerprint density at radius 2 is 2.00 bits per heavy atom. The van der Waals surface area contributed by atoms with Crippen molar-refractivity contribution >= 4 is 11.6 Å². The Morgan fingerprint density at radius 1 is 1.25 bits per heavy atom. The van der Waals surface area contributed by atoms with Gasteiger partial charge in [0.05, 0.1) is 6.10 Å². The lowest BCUT2D eigenvalue weighted by Crippen LogP contribution is -2.48. The number of halogens is 1. The number of benzene rings is 1. The third-order valence-electron chi connectivity index (χ3n) is 5.04. The summed E-state index contributed by atoms with van der Waals surface area (Å²) in [5.41, 5.74) is 1.23. The molecule has 3 atom stereocenters. The van der Waals surface area contributed by atoms with Crippen LogP contribution < -0.4 is 4.74 Å². The molecule has 0 aromatic heterocycles. The molecule has 108 valence electrons. The van der Waals surface area contributed by atoms with E-state index in [9.17, 15) is 5.11 Å². The van der Waals surface area contributed by atoms with Gasteiger partial charge in [-0.2, -0.15) is 0 Å². The van der Waals surface area contributed by atoms with E-state index in [1.807, 2.05) is 18.2 Å². The number of fused-ring (bicyclic) bond motifs is 3. The van der Waals surface area contributed by atoms with Crippen molar-refractivity contribution in [2.45, 2.75) is 56.4 Å². The average molecular weight is 294 g/mol. The van der Waals surface area contributed by atoms with E-state index in [0.29, 0.717) is 12.1 Å². The number of aliphatic hydroxyl groups excluding tert-OH is 1. The van der Waals surface area contributed by atoms with Gasteiger partial charge in [0.1, 0.15) is 11.9 Å². The average Bonchev–Trinajstić information content (AvgIpc) is 2.89. The van der Waals surface area contributed by atoms with Crippen LogP contribution >= 0.6 is 11.6 Å². The lowest BCUT2D eigenvalue weighted by atomic mass is 9.99. The second kappa shape index (κ2) is 4.90. The minimum Gasteiger partial charge on any atom is -0.488 e. The second-order valence-electron chi connectivity index (χ2n) is 6.40. The molecule has 0 aliphatic carbocycles. The van der Waals surface area contributed by atoms with E-state index in [1.54, 1.807) is 0 Å². The van der Waals surface area contributed by atoms with Crippen LogP contribution in [0, 0.1) is 0 Å². The number of ether oxygens (including phenoxy) is 1. The Labute approximate surface area is 124 Å². The lowest BCUT2D eigenvalue weighted by molar-refractivity contribution is 0.0171. The number of piperidine rings is 1. The molecule has 2 bridgehead atoms. The van der Waals surface area contributed by atoms with Crippen LogP contribution in [0.5, 0.6) is 5.75 Å². The summed E-state index contributed by atoms with van der Waals surface area (Å²) in [5, 5.41) is 10.7. The predicted octanol–water partition coefficient (Wildman–Crippen LogP) is 2.63. The molecule has 1 aromatic carbocycles. The molecule has 3 heterocycles. The van der Waals surface area contributed by atoms with Gasteiger partial charge in [-0.25, -0.2) is 0 Å². The molecule has 0 radical (unpaired) electrons. The Bertz CT molecular complexity index is 507. The largest absolute Gasteiger partial charge is 0.488 e. The quantitative estimate of drug-likeness (QED) is 0.910. The maximum atomic E-state index is 9.87. The zero-order valence-electron chi connectivity index (χ0n) is 11.5. The van der Waals surface area contributed by atoms with Crippen molar-refractivity contribution in [1.82, 2.24) is 4.90 Å². The summed E-state index contributed by atoms with van der Waals surface area (Å²) in [6, 6.07) is 7.00. The standard InChI is InChI=1S/C16H20ClNO2/c17-11-1-4-16-10(5-11)6-15(20-16)9-18-12-2-3-13(18)8-14(19)7-12/h1,4-5,12-15,19H,2-3,6-9H2. The zero-order chi connectivity index (χ0) is 13.7. The van der Waals surface area contributed by atoms with Crippen molar-refractivity contribution in [3.8, 4) is 5.75 Å². The first kappa shape index (κ1) is 12.9. The van der Waals surface area contributed by atoms with Crippen molar-refractivity contribution in [2.75, 3.05) is 6.54 Å². The molecule has 2 saturated heterocycles. The first-order valence-electron chi connectivity index (χ1n) is 7.58. The third kappa shape index (κ3) is 2.22. The molecule has 1 N–H and O–H groups in total. The van der Waals surface area contributed by atoms with Crippen LogP contribution in [-0.4, -0.2) is 40.8 Å².